The first-order chi connectivity index (χ1) is 10.3. The third-order valence-corrected chi connectivity index (χ3v) is 4.32. The highest BCUT2D eigenvalue weighted by Crippen LogP contribution is 2.39. The summed E-state index contributed by atoms with van der Waals surface area (Å²) >= 11 is 0. The van der Waals surface area contributed by atoms with Gasteiger partial charge in [0.25, 0.3) is 0 Å². The molecule has 1 atom stereocenters. The molecule has 0 fully saturated rings. The van der Waals surface area contributed by atoms with Gasteiger partial charge in [0.2, 0.25) is 5.91 Å². The molecule has 0 saturated carbocycles. The molecule has 4 nitrogen and oxygen atoms in total. The van der Waals surface area contributed by atoms with Crippen molar-refractivity contribution in [2.45, 2.75) is 19.0 Å². The van der Waals surface area contributed by atoms with E-state index in [0.717, 1.165) is 30.1 Å². The highest BCUT2D eigenvalue weighted by atomic mass is 16.5. The van der Waals surface area contributed by atoms with E-state index in [1.807, 2.05) is 24.3 Å². The topological polar surface area (TPSA) is 41.6 Å². The molecular weight excluding hydrogens is 264 g/mol. The maximum atomic E-state index is 12.4. The van der Waals surface area contributed by atoms with Gasteiger partial charge in [-0.15, -0.1) is 0 Å². The number of nitrogens with zero attached hydrogens (tertiary/aromatic N) is 1. The van der Waals surface area contributed by atoms with Crippen LogP contribution in [0.5, 0.6) is 5.75 Å². The normalized spacial score (nSPS) is 19.2. The van der Waals surface area contributed by atoms with E-state index < -0.39 is 0 Å². The molecule has 1 unspecified atom stereocenters. The molecule has 0 saturated heterocycles. The molecule has 106 valence electrons. The van der Waals surface area contributed by atoms with Crippen LogP contribution in [-0.2, 0) is 17.8 Å². The Morgan fingerprint density at radius 1 is 1.19 bits per heavy atom. The van der Waals surface area contributed by atoms with E-state index in [4.69, 9.17) is 4.74 Å². The zero-order chi connectivity index (χ0) is 14.4. The fraction of sp³-hybridized carbons (Fsp3) is 0.235. The number of fused-ring (bicyclic) bond motifs is 4. The van der Waals surface area contributed by atoms with Crippen molar-refractivity contribution in [3.8, 4) is 5.75 Å². The number of methoxy groups -OCH3 is 1. The Kier molecular flexibility index (Phi) is 2.64. The van der Waals surface area contributed by atoms with Gasteiger partial charge in [0, 0.05) is 19.0 Å². The van der Waals surface area contributed by atoms with E-state index in [9.17, 15) is 4.79 Å². The second-order valence-corrected chi connectivity index (χ2v) is 5.49. The second kappa shape index (κ2) is 4.52. The number of anilines is 2. The van der Waals surface area contributed by atoms with E-state index >= 15 is 0 Å². The van der Waals surface area contributed by atoms with Crippen molar-refractivity contribution in [3.05, 3.63) is 53.6 Å². The molecule has 0 radical (unpaired) electrons. The first-order valence-corrected chi connectivity index (χ1v) is 7.08. The third-order valence-electron chi connectivity index (χ3n) is 4.32. The highest BCUT2D eigenvalue weighted by molar-refractivity contribution is 6.04. The largest absolute Gasteiger partial charge is 0.497 e. The number of hydrogen-bond donors (Lipinski definition) is 1. The Morgan fingerprint density at radius 2 is 2.00 bits per heavy atom. The van der Waals surface area contributed by atoms with Crippen molar-refractivity contribution in [3.63, 3.8) is 0 Å². The van der Waals surface area contributed by atoms with Crippen molar-refractivity contribution in [2.24, 2.45) is 0 Å². The highest BCUT2D eigenvalue weighted by Gasteiger charge is 2.36. The molecule has 2 heterocycles. The van der Waals surface area contributed by atoms with Crippen LogP contribution in [0.25, 0.3) is 0 Å². The molecule has 21 heavy (non-hydrogen) atoms. The Bertz CT molecular complexity index is 726. The molecular formula is C17H16N2O2. The summed E-state index contributed by atoms with van der Waals surface area (Å²) in [4.78, 5) is 14.6. The monoisotopic (exact) mass is 280 g/mol. The van der Waals surface area contributed by atoms with Gasteiger partial charge in [-0.2, -0.15) is 0 Å². The molecule has 2 aromatic carbocycles. The lowest BCUT2D eigenvalue weighted by Crippen LogP contribution is -2.51. The van der Waals surface area contributed by atoms with Crippen LogP contribution in [0.2, 0.25) is 0 Å². The number of benzene rings is 2. The quantitative estimate of drug-likeness (QED) is 0.873. The van der Waals surface area contributed by atoms with Crippen molar-refractivity contribution in [1.29, 1.82) is 0 Å². The lowest BCUT2D eigenvalue weighted by molar-refractivity contribution is -0.117. The summed E-state index contributed by atoms with van der Waals surface area (Å²) in [5.41, 5.74) is 4.46. The van der Waals surface area contributed by atoms with E-state index in [0.29, 0.717) is 0 Å². The maximum Gasteiger partial charge on any atom is 0.247 e. The van der Waals surface area contributed by atoms with Crippen molar-refractivity contribution < 1.29 is 9.53 Å². The zero-order valence-electron chi connectivity index (χ0n) is 11.8. The summed E-state index contributed by atoms with van der Waals surface area (Å²) in [6.45, 7) is 0.771. The first kappa shape index (κ1) is 12.3. The van der Waals surface area contributed by atoms with E-state index in [1.54, 1.807) is 7.11 Å². The Morgan fingerprint density at radius 3 is 2.81 bits per heavy atom. The van der Waals surface area contributed by atoms with Crippen LogP contribution in [0.4, 0.5) is 11.4 Å². The molecule has 0 aromatic heterocycles. The zero-order valence-corrected chi connectivity index (χ0v) is 11.8. The van der Waals surface area contributed by atoms with Crippen molar-refractivity contribution in [1.82, 2.24) is 0 Å². The number of rotatable bonds is 1. The van der Waals surface area contributed by atoms with Crippen LogP contribution in [0.15, 0.2) is 42.5 Å². The molecule has 4 rings (SSSR count). The van der Waals surface area contributed by atoms with Gasteiger partial charge in [0.05, 0.1) is 18.5 Å². The van der Waals surface area contributed by atoms with Gasteiger partial charge in [-0.3, -0.25) is 4.79 Å². The van der Waals surface area contributed by atoms with Gasteiger partial charge < -0.3 is 15.0 Å². The van der Waals surface area contributed by atoms with Crippen molar-refractivity contribution >= 4 is 17.3 Å². The van der Waals surface area contributed by atoms with E-state index in [2.05, 4.69) is 28.4 Å². The summed E-state index contributed by atoms with van der Waals surface area (Å²) in [5.74, 6) is 0.815. The summed E-state index contributed by atoms with van der Waals surface area (Å²) in [7, 11) is 1.63. The average molecular weight is 280 g/mol. The summed E-state index contributed by atoms with van der Waals surface area (Å²) in [5, 5.41) is 3.00. The van der Waals surface area contributed by atoms with Gasteiger partial charge in [0.1, 0.15) is 11.8 Å². The van der Waals surface area contributed by atoms with Gasteiger partial charge in [0.15, 0.2) is 0 Å². The number of nitrogens with one attached hydrogen (secondary N) is 1. The molecule has 0 aliphatic carbocycles. The molecule has 4 heteroatoms. The molecule has 1 amide bonds. The maximum absolute atomic E-state index is 12.4. The van der Waals surface area contributed by atoms with E-state index in [-0.39, 0.29) is 11.9 Å². The van der Waals surface area contributed by atoms with Gasteiger partial charge in [-0.25, -0.2) is 0 Å². The Hall–Kier alpha value is -2.49. The minimum absolute atomic E-state index is 0.0604. The van der Waals surface area contributed by atoms with Crippen LogP contribution >= 0.6 is 0 Å². The number of amides is 1. The van der Waals surface area contributed by atoms with Gasteiger partial charge in [-0.05, 0) is 23.3 Å². The Balaban J connectivity index is 1.80. The lowest BCUT2D eigenvalue weighted by Gasteiger charge is -2.41. The number of ether oxygens (including phenoxy) is 1. The minimum atomic E-state index is -0.124. The molecule has 2 aliphatic rings. The van der Waals surface area contributed by atoms with Gasteiger partial charge >= 0.3 is 0 Å². The van der Waals surface area contributed by atoms with Crippen LogP contribution in [0.3, 0.4) is 0 Å². The lowest BCUT2D eigenvalue weighted by atomic mass is 9.91. The standard InChI is InChI=1S/C17H16N2O2/c1-21-13-6-7-15-14(9-13)18-17(20)16-8-11-4-2-3-5-12(11)10-19(15)16/h2-7,9,16H,8,10H2,1H3,(H,18,20). The molecule has 0 bridgehead atoms. The smallest absolute Gasteiger partial charge is 0.247 e. The molecule has 0 spiro atoms. The fourth-order valence-electron chi connectivity index (χ4n) is 3.22. The van der Waals surface area contributed by atoms with Crippen LogP contribution in [0.1, 0.15) is 11.1 Å². The van der Waals surface area contributed by atoms with Crippen molar-refractivity contribution in [2.75, 3.05) is 17.3 Å². The predicted molar refractivity (Wildman–Crippen MR) is 81.7 cm³/mol. The van der Waals surface area contributed by atoms with Crippen LogP contribution < -0.4 is 15.0 Å². The van der Waals surface area contributed by atoms with Gasteiger partial charge in [-0.1, -0.05) is 24.3 Å². The molecule has 2 aliphatic heterocycles. The summed E-state index contributed by atoms with van der Waals surface area (Å²) < 4.78 is 5.24. The number of hydrogen-bond acceptors (Lipinski definition) is 3. The fourth-order valence-corrected chi connectivity index (χ4v) is 3.22. The van der Waals surface area contributed by atoms with Crippen LogP contribution in [0, 0.1) is 0 Å². The summed E-state index contributed by atoms with van der Waals surface area (Å²) in [6.07, 6.45) is 0.757. The first-order valence-electron chi connectivity index (χ1n) is 7.08. The second-order valence-electron chi connectivity index (χ2n) is 5.49. The number of carbonyl (C=O) groups excluding carboxylic acids is 1. The number of carbonyl (C=O) groups is 1. The van der Waals surface area contributed by atoms with Crippen LogP contribution in [-0.4, -0.2) is 19.1 Å². The minimum Gasteiger partial charge on any atom is -0.497 e. The Labute approximate surface area is 123 Å². The molecule has 2 aromatic rings. The summed E-state index contributed by atoms with van der Waals surface area (Å²) in [6, 6.07) is 14.1. The third kappa shape index (κ3) is 1.87. The molecule has 1 N–H and O–H groups in total. The van der Waals surface area contributed by atoms with E-state index in [1.165, 1.54) is 11.1 Å². The average Bonchev–Trinajstić information content (AvgIpc) is 2.53. The SMILES string of the molecule is COc1ccc2c(c1)NC(=O)C1Cc3ccccc3CN21. The predicted octanol–water partition coefficient (Wildman–Crippen LogP) is 2.58.